The molecule has 124 valence electrons. The number of ether oxygens (including phenoxy) is 2. The van der Waals surface area contributed by atoms with Crippen molar-refractivity contribution in [2.45, 2.75) is 27.0 Å². The van der Waals surface area contributed by atoms with Crippen molar-refractivity contribution >= 4 is 23.2 Å². The average molecular weight is 354 g/mol. The Morgan fingerprint density at radius 2 is 1.78 bits per heavy atom. The first-order valence-electron chi connectivity index (χ1n) is 7.67. The van der Waals surface area contributed by atoms with Gasteiger partial charge in [-0.15, -0.1) is 0 Å². The molecule has 2 aromatic carbocycles. The minimum Gasteiger partial charge on any atom is -0.490 e. The van der Waals surface area contributed by atoms with Crippen molar-refractivity contribution in [2.24, 2.45) is 0 Å². The van der Waals surface area contributed by atoms with E-state index in [4.69, 9.17) is 32.7 Å². The van der Waals surface area contributed by atoms with E-state index in [1.807, 2.05) is 43.3 Å². The van der Waals surface area contributed by atoms with Crippen LogP contribution in [0.25, 0.3) is 0 Å². The predicted molar refractivity (Wildman–Crippen MR) is 95.8 cm³/mol. The lowest BCUT2D eigenvalue weighted by atomic mass is 10.2. The van der Waals surface area contributed by atoms with E-state index in [1.54, 1.807) is 0 Å². The van der Waals surface area contributed by atoms with Crippen molar-refractivity contribution < 1.29 is 9.47 Å². The predicted octanol–water partition coefficient (Wildman–Crippen LogP) is 5.08. The van der Waals surface area contributed by atoms with Crippen LogP contribution in [-0.4, -0.2) is 13.2 Å². The van der Waals surface area contributed by atoms with Crippen LogP contribution in [0.15, 0.2) is 36.4 Å². The lowest BCUT2D eigenvalue weighted by Gasteiger charge is -2.15. The summed E-state index contributed by atoms with van der Waals surface area (Å²) in [6.45, 7) is 6.55. The molecule has 0 radical (unpaired) electrons. The molecule has 0 fully saturated rings. The van der Waals surface area contributed by atoms with E-state index in [2.05, 4.69) is 12.2 Å². The highest BCUT2D eigenvalue weighted by Gasteiger charge is 2.11. The second-order valence-corrected chi connectivity index (χ2v) is 5.87. The second-order valence-electron chi connectivity index (χ2n) is 5.02. The van der Waals surface area contributed by atoms with Crippen molar-refractivity contribution in [1.29, 1.82) is 0 Å². The van der Waals surface area contributed by atoms with Gasteiger partial charge in [-0.25, -0.2) is 0 Å². The molecule has 0 saturated carbocycles. The molecule has 0 spiro atoms. The molecule has 5 heteroatoms. The van der Waals surface area contributed by atoms with E-state index in [1.165, 1.54) is 0 Å². The maximum Gasteiger partial charge on any atom is 0.163 e. The maximum absolute atomic E-state index is 6.35. The normalized spacial score (nSPS) is 10.6. The van der Waals surface area contributed by atoms with Crippen LogP contribution < -0.4 is 14.8 Å². The fourth-order valence-electron chi connectivity index (χ4n) is 2.14. The Labute approximate surface area is 147 Å². The number of hydrogen-bond donors (Lipinski definition) is 1. The quantitative estimate of drug-likeness (QED) is 0.717. The van der Waals surface area contributed by atoms with Gasteiger partial charge in [0.15, 0.2) is 11.5 Å². The summed E-state index contributed by atoms with van der Waals surface area (Å²) in [5, 5.41) is 4.62. The van der Waals surface area contributed by atoms with Gasteiger partial charge < -0.3 is 14.8 Å². The van der Waals surface area contributed by atoms with E-state index in [-0.39, 0.29) is 0 Å². The van der Waals surface area contributed by atoms with Crippen molar-refractivity contribution in [3.63, 3.8) is 0 Å². The molecule has 2 aromatic rings. The molecule has 2 rings (SSSR count). The van der Waals surface area contributed by atoms with Gasteiger partial charge in [0, 0.05) is 22.7 Å². The van der Waals surface area contributed by atoms with Gasteiger partial charge in [0.25, 0.3) is 0 Å². The first kappa shape index (κ1) is 17.9. The van der Waals surface area contributed by atoms with Gasteiger partial charge in [-0.05, 0) is 42.8 Å². The average Bonchev–Trinajstić information content (AvgIpc) is 2.54. The summed E-state index contributed by atoms with van der Waals surface area (Å²) in [7, 11) is 0. The molecule has 0 saturated heterocycles. The monoisotopic (exact) mass is 353 g/mol. The zero-order valence-corrected chi connectivity index (χ0v) is 14.9. The summed E-state index contributed by atoms with van der Waals surface area (Å²) in [6, 6.07) is 11.3. The largest absolute Gasteiger partial charge is 0.490 e. The Morgan fingerprint density at radius 3 is 2.48 bits per heavy atom. The molecular formula is C18H21Cl2NO2. The minimum absolute atomic E-state index is 0.406. The third-order valence-electron chi connectivity index (χ3n) is 3.26. The number of rotatable bonds is 8. The molecule has 23 heavy (non-hydrogen) atoms. The van der Waals surface area contributed by atoms with Crippen molar-refractivity contribution in [1.82, 2.24) is 5.32 Å². The molecule has 0 heterocycles. The van der Waals surface area contributed by atoms with E-state index >= 15 is 0 Å². The van der Waals surface area contributed by atoms with Crippen LogP contribution in [0.3, 0.4) is 0 Å². The van der Waals surface area contributed by atoms with Crippen LogP contribution in [0.2, 0.25) is 10.0 Å². The van der Waals surface area contributed by atoms with Crippen LogP contribution in [0, 0.1) is 0 Å². The Hall–Kier alpha value is -1.42. The van der Waals surface area contributed by atoms with Gasteiger partial charge in [-0.3, -0.25) is 0 Å². The van der Waals surface area contributed by atoms with Crippen LogP contribution >= 0.6 is 23.2 Å². The highest BCUT2D eigenvalue weighted by molar-refractivity contribution is 6.31. The van der Waals surface area contributed by atoms with E-state index in [0.717, 1.165) is 17.7 Å². The van der Waals surface area contributed by atoms with Gasteiger partial charge in [-0.2, -0.15) is 0 Å². The Balaban J connectivity index is 2.17. The molecule has 0 aliphatic rings. The number of nitrogens with one attached hydrogen (secondary N) is 1. The zero-order valence-electron chi connectivity index (χ0n) is 13.4. The number of halogens is 2. The zero-order chi connectivity index (χ0) is 16.7. The molecule has 0 unspecified atom stereocenters. The van der Waals surface area contributed by atoms with Crippen LogP contribution in [-0.2, 0) is 13.2 Å². The lowest BCUT2D eigenvalue weighted by molar-refractivity contribution is 0.269. The molecule has 0 aliphatic heterocycles. The summed E-state index contributed by atoms with van der Waals surface area (Å²) in [5.41, 5.74) is 1.99. The van der Waals surface area contributed by atoms with Gasteiger partial charge in [0.1, 0.15) is 6.61 Å². The Kier molecular flexibility index (Phi) is 7.03. The van der Waals surface area contributed by atoms with E-state index in [9.17, 15) is 0 Å². The molecule has 0 aromatic heterocycles. The van der Waals surface area contributed by atoms with Crippen LogP contribution in [0.4, 0.5) is 0 Å². The second kappa shape index (κ2) is 9.02. The third-order valence-corrected chi connectivity index (χ3v) is 3.85. The fourth-order valence-corrected chi connectivity index (χ4v) is 2.57. The summed E-state index contributed by atoms with van der Waals surface area (Å²) in [4.78, 5) is 0. The Bertz CT molecular complexity index is 647. The summed E-state index contributed by atoms with van der Waals surface area (Å²) >= 11 is 12.3. The maximum atomic E-state index is 6.35. The van der Waals surface area contributed by atoms with Crippen molar-refractivity contribution in [3.05, 3.63) is 57.6 Å². The lowest BCUT2D eigenvalue weighted by Crippen LogP contribution is -2.12. The third kappa shape index (κ3) is 5.31. The van der Waals surface area contributed by atoms with Crippen LogP contribution in [0.1, 0.15) is 25.0 Å². The molecular weight excluding hydrogens is 333 g/mol. The minimum atomic E-state index is 0.406. The molecule has 0 atom stereocenters. The number of hydrogen-bond acceptors (Lipinski definition) is 3. The SMILES string of the molecule is CCNCc1cc(OCC)c(OCc2cccc(Cl)c2)cc1Cl. The van der Waals surface area contributed by atoms with E-state index in [0.29, 0.717) is 41.3 Å². The molecule has 1 N–H and O–H groups in total. The Morgan fingerprint density at radius 1 is 1.00 bits per heavy atom. The fraction of sp³-hybridized carbons (Fsp3) is 0.333. The summed E-state index contributed by atoms with van der Waals surface area (Å²) in [6.07, 6.45) is 0. The molecule has 0 aliphatic carbocycles. The number of benzene rings is 2. The molecule has 0 amide bonds. The van der Waals surface area contributed by atoms with Gasteiger partial charge in [-0.1, -0.05) is 42.3 Å². The first-order chi connectivity index (χ1) is 11.1. The molecule has 0 bridgehead atoms. The highest BCUT2D eigenvalue weighted by atomic mass is 35.5. The standard InChI is InChI=1S/C18H21Cl2NO2/c1-3-21-11-14-9-17(22-4-2)18(10-16(14)20)23-12-13-6-5-7-15(19)8-13/h5-10,21H,3-4,11-12H2,1-2H3. The van der Waals surface area contributed by atoms with Crippen molar-refractivity contribution in [2.75, 3.05) is 13.2 Å². The first-order valence-corrected chi connectivity index (χ1v) is 8.42. The topological polar surface area (TPSA) is 30.5 Å². The van der Waals surface area contributed by atoms with Gasteiger partial charge in [0.05, 0.1) is 6.61 Å². The van der Waals surface area contributed by atoms with E-state index < -0.39 is 0 Å². The van der Waals surface area contributed by atoms with Gasteiger partial charge >= 0.3 is 0 Å². The summed E-state index contributed by atoms with van der Waals surface area (Å²) in [5.74, 6) is 1.34. The van der Waals surface area contributed by atoms with Gasteiger partial charge in [0.2, 0.25) is 0 Å². The van der Waals surface area contributed by atoms with Crippen LogP contribution in [0.5, 0.6) is 11.5 Å². The summed E-state index contributed by atoms with van der Waals surface area (Å²) < 4.78 is 11.6. The smallest absolute Gasteiger partial charge is 0.163 e. The molecule has 3 nitrogen and oxygen atoms in total. The van der Waals surface area contributed by atoms with Crippen molar-refractivity contribution in [3.8, 4) is 11.5 Å². The highest BCUT2D eigenvalue weighted by Crippen LogP contribution is 2.34.